The van der Waals surface area contributed by atoms with Crippen molar-refractivity contribution in [2.45, 2.75) is 11.4 Å². The van der Waals surface area contributed by atoms with Gasteiger partial charge in [-0.05, 0) is 29.8 Å². The third-order valence-electron chi connectivity index (χ3n) is 2.87. The minimum atomic E-state index is -3.86. The monoisotopic (exact) mass is 326 g/mol. The van der Waals surface area contributed by atoms with E-state index in [4.69, 9.17) is 5.14 Å². The Morgan fingerprint density at radius 1 is 1.09 bits per heavy atom. The Morgan fingerprint density at radius 2 is 1.68 bits per heavy atom. The van der Waals surface area contributed by atoms with Crippen LogP contribution in [-0.4, -0.2) is 14.3 Å². The van der Waals surface area contributed by atoms with Crippen LogP contribution in [0.2, 0.25) is 0 Å². The van der Waals surface area contributed by atoms with Crippen molar-refractivity contribution < 1.29 is 22.0 Å². The summed E-state index contributed by atoms with van der Waals surface area (Å²) in [7, 11) is -3.86. The van der Waals surface area contributed by atoms with Crippen LogP contribution in [0, 0.1) is 11.6 Å². The van der Waals surface area contributed by atoms with Crippen molar-refractivity contribution >= 4 is 15.9 Å². The molecule has 0 saturated heterocycles. The summed E-state index contributed by atoms with van der Waals surface area (Å²) in [5.41, 5.74) is -0.262. The first kappa shape index (κ1) is 16.1. The molecule has 0 aromatic heterocycles. The van der Waals surface area contributed by atoms with E-state index in [1.165, 1.54) is 18.2 Å². The second kappa shape index (κ2) is 6.20. The van der Waals surface area contributed by atoms with E-state index in [9.17, 15) is 22.0 Å². The van der Waals surface area contributed by atoms with Crippen molar-refractivity contribution in [3.63, 3.8) is 0 Å². The molecule has 0 bridgehead atoms. The van der Waals surface area contributed by atoms with Crippen LogP contribution in [0.3, 0.4) is 0 Å². The number of hydrogen-bond donors (Lipinski definition) is 2. The molecule has 8 heteroatoms. The van der Waals surface area contributed by atoms with Crippen LogP contribution in [0.5, 0.6) is 0 Å². The smallest absolute Gasteiger partial charge is 0.257 e. The number of nitrogens with two attached hydrogens (primary N) is 1. The number of rotatable bonds is 4. The fourth-order valence-electron chi connectivity index (χ4n) is 1.82. The number of sulfonamides is 1. The molecule has 0 spiro atoms. The summed E-state index contributed by atoms with van der Waals surface area (Å²) in [6, 6.07) is 8.67. The summed E-state index contributed by atoms with van der Waals surface area (Å²) in [5, 5.41) is 7.32. The number of primary sulfonamides is 1. The highest BCUT2D eigenvalue weighted by Gasteiger charge is 2.16. The summed E-state index contributed by atoms with van der Waals surface area (Å²) in [4.78, 5) is 11.7. The highest BCUT2D eigenvalue weighted by Crippen LogP contribution is 2.13. The SMILES string of the molecule is NS(=O)(=O)c1cccc(CNC(=O)c2c(F)cccc2F)c1. The summed E-state index contributed by atoms with van der Waals surface area (Å²) in [5.74, 6) is -2.89. The zero-order valence-electron chi connectivity index (χ0n) is 11.2. The van der Waals surface area contributed by atoms with Gasteiger partial charge in [0.2, 0.25) is 10.0 Å². The second-order valence-electron chi connectivity index (χ2n) is 4.47. The van der Waals surface area contributed by atoms with Crippen LogP contribution >= 0.6 is 0 Å². The third kappa shape index (κ3) is 3.66. The van der Waals surface area contributed by atoms with Gasteiger partial charge < -0.3 is 5.32 Å². The van der Waals surface area contributed by atoms with Gasteiger partial charge in [0, 0.05) is 6.54 Å². The van der Waals surface area contributed by atoms with E-state index in [2.05, 4.69) is 5.32 Å². The summed E-state index contributed by atoms with van der Waals surface area (Å²) in [6.07, 6.45) is 0. The number of benzene rings is 2. The van der Waals surface area contributed by atoms with Crippen LogP contribution in [-0.2, 0) is 16.6 Å². The molecule has 0 radical (unpaired) electrons. The largest absolute Gasteiger partial charge is 0.348 e. The summed E-state index contributed by atoms with van der Waals surface area (Å²) < 4.78 is 49.4. The predicted octanol–water partition coefficient (Wildman–Crippen LogP) is 1.54. The molecule has 2 rings (SSSR count). The molecule has 0 aliphatic carbocycles. The van der Waals surface area contributed by atoms with Crippen LogP contribution in [0.15, 0.2) is 47.4 Å². The average Bonchev–Trinajstić information content (AvgIpc) is 2.44. The molecular weight excluding hydrogens is 314 g/mol. The Kier molecular flexibility index (Phi) is 4.53. The number of carbonyl (C=O) groups is 1. The van der Waals surface area contributed by atoms with E-state index in [1.54, 1.807) is 6.07 Å². The van der Waals surface area contributed by atoms with Gasteiger partial charge in [-0.3, -0.25) is 4.79 Å². The molecule has 0 aliphatic heterocycles. The van der Waals surface area contributed by atoms with Gasteiger partial charge in [0.05, 0.1) is 4.90 Å². The van der Waals surface area contributed by atoms with Crippen molar-refractivity contribution in [3.8, 4) is 0 Å². The maximum atomic E-state index is 13.5. The fourth-order valence-corrected chi connectivity index (χ4v) is 2.40. The first-order valence-electron chi connectivity index (χ1n) is 6.13. The predicted molar refractivity (Wildman–Crippen MR) is 75.3 cm³/mol. The number of nitrogens with one attached hydrogen (secondary N) is 1. The maximum absolute atomic E-state index is 13.5. The second-order valence-corrected chi connectivity index (χ2v) is 6.03. The van der Waals surface area contributed by atoms with Crippen molar-refractivity contribution in [3.05, 3.63) is 65.2 Å². The van der Waals surface area contributed by atoms with Crippen molar-refractivity contribution in [1.82, 2.24) is 5.32 Å². The van der Waals surface area contributed by atoms with E-state index >= 15 is 0 Å². The van der Waals surface area contributed by atoms with Gasteiger partial charge in [-0.2, -0.15) is 0 Å². The molecule has 3 N–H and O–H groups in total. The first-order valence-corrected chi connectivity index (χ1v) is 7.67. The molecule has 2 aromatic rings. The third-order valence-corrected chi connectivity index (χ3v) is 3.78. The van der Waals surface area contributed by atoms with Gasteiger partial charge >= 0.3 is 0 Å². The van der Waals surface area contributed by atoms with E-state index in [0.29, 0.717) is 5.56 Å². The molecule has 116 valence electrons. The Hall–Kier alpha value is -2.32. The normalized spacial score (nSPS) is 11.2. The molecule has 0 fully saturated rings. The lowest BCUT2D eigenvalue weighted by molar-refractivity contribution is 0.0942. The lowest BCUT2D eigenvalue weighted by Gasteiger charge is -2.08. The molecule has 1 amide bonds. The Bertz CT molecular complexity index is 802. The zero-order chi connectivity index (χ0) is 16.3. The van der Waals surface area contributed by atoms with Gasteiger partial charge in [-0.25, -0.2) is 22.3 Å². The van der Waals surface area contributed by atoms with E-state index in [0.717, 1.165) is 18.2 Å². The Morgan fingerprint density at radius 3 is 2.27 bits per heavy atom. The zero-order valence-corrected chi connectivity index (χ0v) is 12.0. The molecule has 22 heavy (non-hydrogen) atoms. The summed E-state index contributed by atoms with van der Waals surface area (Å²) >= 11 is 0. The van der Waals surface area contributed by atoms with Crippen LogP contribution in [0.25, 0.3) is 0 Å². The van der Waals surface area contributed by atoms with E-state index in [-0.39, 0.29) is 11.4 Å². The molecular formula is C14H12F2N2O3S. The highest BCUT2D eigenvalue weighted by atomic mass is 32.2. The molecule has 2 aromatic carbocycles. The highest BCUT2D eigenvalue weighted by molar-refractivity contribution is 7.89. The minimum Gasteiger partial charge on any atom is -0.348 e. The molecule has 0 saturated carbocycles. The van der Waals surface area contributed by atoms with Gasteiger partial charge in [0.15, 0.2) is 0 Å². The summed E-state index contributed by atoms with van der Waals surface area (Å²) in [6.45, 7) is -0.101. The maximum Gasteiger partial charge on any atom is 0.257 e. The molecule has 0 heterocycles. The Balaban J connectivity index is 2.15. The Labute approximate surface area is 125 Å². The minimum absolute atomic E-state index is 0.101. The van der Waals surface area contributed by atoms with Crippen molar-refractivity contribution in [2.75, 3.05) is 0 Å². The topological polar surface area (TPSA) is 89.3 Å². The number of carbonyl (C=O) groups excluding carboxylic acids is 1. The van der Waals surface area contributed by atoms with E-state index < -0.39 is 33.1 Å². The standard InChI is InChI=1S/C14H12F2N2O3S/c15-11-5-2-6-12(16)13(11)14(19)18-8-9-3-1-4-10(7-9)22(17,20)21/h1-7H,8H2,(H,18,19)(H2,17,20,21). The number of hydrogen-bond acceptors (Lipinski definition) is 3. The van der Waals surface area contributed by atoms with Gasteiger partial charge in [0.25, 0.3) is 5.91 Å². The molecule has 0 unspecified atom stereocenters. The number of amides is 1. The van der Waals surface area contributed by atoms with Crippen molar-refractivity contribution in [1.29, 1.82) is 0 Å². The average molecular weight is 326 g/mol. The molecule has 0 atom stereocenters. The van der Waals surface area contributed by atoms with E-state index in [1.807, 2.05) is 0 Å². The van der Waals surface area contributed by atoms with Crippen LogP contribution in [0.4, 0.5) is 8.78 Å². The van der Waals surface area contributed by atoms with Gasteiger partial charge in [-0.1, -0.05) is 18.2 Å². The first-order chi connectivity index (χ1) is 10.3. The van der Waals surface area contributed by atoms with Gasteiger partial charge in [0.1, 0.15) is 17.2 Å². The van der Waals surface area contributed by atoms with Crippen LogP contribution in [0.1, 0.15) is 15.9 Å². The lowest BCUT2D eigenvalue weighted by atomic mass is 10.1. The molecule has 5 nitrogen and oxygen atoms in total. The fraction of sp³-hybridized carbons (Fsp3) is 0.0714. The quantitative estimate of drug-likeness (QED) is 0.893. The van der Waals surface area contributed by atoms with Crippen LogP contribution < -0.4 is 10.5 Å². The van der Waals surface area contributed by atoms with Crippen molar-refractivity contribution in [2.24, 2.45) is 5.14 Å². The lowest BCUT2D eigenvalue weighted by Crippen LogP contribution is -2.25. The van der Waals surface area contributed by atoms with Gasteiger partial charge in [-0.15, -0.1) is 0 Å². The molecule has 0 aliphatic rings. The number of halogens is 2.